The molecule has 0 aliphatic heterocycles. The second kappa shape index (κ2) is 20.9. The van der Waals surface area contributed by atoms with E-state index in [4.69, 9.17) is 13.9 Å². The summed E-state index contributed by atoms with van der Waals surface area (Å²) in [6.45, 7) is 6.24. The lowest BCUT2D eigenvalue weighted by Crippen LogP contribution is -2.16. The number of nitrogens with zero attached hydrogens (tertiary/aromatic N) is 7. The number of nitrogens with one attached hydrogen (secondary N) is 1. The van der Waals surface area contributed by atoms with Gasteiger partial charge in [-0.1, -0.05) is 111 Å². The number of hydrogen-bond acceptors (Lipinski definition) is 10. The molecular formula is C53H48N8O6. The molecule has 0 bridgehead atoms. The Kier molecular flexibility index (Phi) is 14.0. The Bertz CT molecular complexity index is 3060. The van der Waals surface area contributed by atoms with Gasteiger partial charge in [-0.3, -0.25) is 4.79 Å². The fourth-order valence-corrected chi connectivity index (χ4v) is 7.33. The van der Waals surface area contributed by atoms with Crippen molar-refractivity contribution in [2.24, 2.45) is 0 Å². The number of methoxy groups -OCH3 is 1. The van der Waals surface area contributed by atoms with Gasteiger partial charge in [-0.15, -0.1) is 10.2 Å². The molecule has 6 aromatic carbocycles. The van der Waals surface area contributed by atoms with Crippen molar-refractivity contribution in [3.8, 4) is 34.3 Å². The molecule has 2 unspecified atom stereocenters. The van der Waals surface area contributed by atoms with Crippen LogP contribution in [0, 0.1) is 6.92 Å². The van der Waals surface area contributed by atoms with E-state index in [0.717, 1.165) is 39.6 Å². The molecular weight excluding hydrogens is 845 g/mol. The highest BCUT2D eigenvalue weighted by Gasteiger charge is 2.26. The maximum absolute atomic E-state index is 13.1. The summed E-state index contributed by atoms with van der Waals surface area (Å²) in [4.78, 5) is 32.5. The summed E-state index contributed by atoms with van der Waals surface area (Å²) < 4.78 is 17.2. The van der Waals surface area contributed by atoms with Gasteiger partial charge in [-0.25, -0.2) is 9.78 Å². The van der Waals surface area contributed by atoms with E-state index < -0.39 is 5.97 Å². The third-order valence-electron chi connectivity index (χ3n) is 11.0. The van der Waals surface area contributed by atoms with E-state index in [9.17, 15) is 14.7 Å². The Morgan fingerprint density at radius 2 is 1.15 bits per heavy atom. The standard InChI is InChI=1S/C29H26N4O4.C24H22N4O2/c1-19(26-27(29(34)35)32-33(31-26)23-13-7-4-8-14-23)22-12-9-15-24(18-22)36-17-16-25-20(2)37-28(30-25)21-10-5-3-6-11-21;1-17(18-10-9-15-21(16-18)30-2)22-23(24(29)25-19-11-5-3-6-12-19)27-28(26-22)20-13-7-4-8-14-20/h3-15,18-19H,16-17H2,1-2H3,(H,34,35);3-17H,1-2H3,(H,25,29). The molecule has 2 N–H and O–H groups in total. The molecule has 0 radical (unpaired) electrons. The Morgan fingerprint density at radius 3 is 1.72 bits per heavy atom. The lowest BCUT2D eigenvalue weighted by molar-refractivity contribution is 0.0688. The summed E-state index contributed by atoms with van der Waals surface area (Å²) in [6.07, 6.45) is 0.594. The quantitative estimate of drug-likeness (QED) is 0.100. The van der Waals surface area contributed by atoms with Crippen molar-refractivity contribution in [3.63, 3.8) is 0 Å². The molecule has 3 heterocycles. The summed E-state index contributed by atoms with van der Waals surface area (Å²) in [7, 11) is 1.63. The van der Waals surface area contributed by atoms with E-state index in [1.165, 1.54) is 9.59 Å². The Morgan fingerprint density at radius 1 is 0.642 bits per heavy atom. The highest BCUT2D eigenvalue weighted by atomic mass is 16.5. The number of benzene rings is 6. The smallest absolute Gasteiger partial charge is 0.358 e. The third kappa shape index (κ3) is 10.8. The van der Waals surface area contributed by atoms with Crippen LogP contribution in [0.1, 0.15) is 80.6 Å². The van der Waals surface area contributed by atoms with Crippen LogP contribution in [0.5, 0.6) is 11.5 Å². The van der Waals surface area contributed by atoms with Crippen LogP contribution in [-0.4, -0.2) is 65.7 Å². The van der Waals surface area contributed by atoms with Crippen LogP contribution >= 0.6 is 0 Å². The molecule has 1 amide bonds. The van der Waals surface area contributed by atoms with E-state index in [1.807, 2.05) is 191 Å². The number of carboxylic acids is 1. The molecule has 9 rings (SSSR count). The number of hydrogen-bond donors (Lipinski definition) is 2. The lowest BCUT2D eigenvalue weighted by Gasteiger charge is -2.12. The monoisotopic (exact) mass is 892 g/mol. The summed E-state index contributed by atoms with van der Waals surface area (Å²) in [5, 5.41) is 30.6. The first kappa shape index (κ1) is 44.9. The van der Waals surface area contributed by atoms with E-state index in [2.05, 4.69) is 30.7 Å². The van der Waals surface area contributed by atoms with Crippen LogP contribution in [0.2, 0.25) is 0 Å². The molecule has 0 aliphatic carbocycles. The molecule has 2 atom stereocenters. The fraction of sp³-hybridized carbons (Fsp3) is 0.151. The predicted molar refractivity (Wildman–Crippen MR) is 254 cm³/mol. The topological polar surface area (TPSA) is 172 Å². The Hall–Kier alpha value is -8.65. The van der Waals surface area contributed by atoms with Gasteiger partial charge in [0, 0.05) is 29.5 Å². The first-order chi connectivity index (χ1) is 32.6. The largest absolute Gasteiger partial charge is 0.497 e. The second-order valence-electron chi connectivity index (χ2n) is 15.5. The maximum atomic E-state index is 13.1. The number of amides is 1. The average Bonchev–Trinajstić information content (AvgIpc) is 4.13. The van der Waals surface area contributed by atoms with Gasteiger partial charge >= 0.3 is 5.97 Å². The first-order valence-electron chi connectivity index (χ1n) is 21.7. The molecule has 67 heavy (non-hydrogen) atoms. The molecule has 0 aliphatic rings. The summed E-state index contributed by atoms with van der Waals surface area (Å²) in [6, 6.07) is 53.3. The summed E-state index contributed by atoms with van der Waals surface area (Å²) >= 11 is 0. The van der Waals surface area contributed by atoms with Crippen molar-refractivity contribution in [1.82, 2.24) is 35.0 Å². The van der Waals surface area contributed by atoms with Crippen LogP contribution in [0.3, 0.4) is 0 Å². The Balaban J connectivity index is 0.000000186. The van der Waals surface area contributed by atoms with Crippen molar-refractivity contribution in [2.45, 2.75) is 39.0 Å². The number of carbonyl (C=O) groups is 2. The molecule has 14 nitrogen and oxygen atoms in total. The van der Waals surface area contributed by atoms with Crippen molar-refractivity contribution in [2.75, 3.05) is 19.0 Å². The zero-order valence-corrected chi connectivity index (χ0v) is 37.4. The summed E-state index contributed by atoms with van der Waals surface area (Å²) in [5.41, 5.74) is 7.05. The molecule has 336 valence electrons. The number of aryl methyl sites for hydroxylation is 1. The number of carbonyl (C=O) groups excluding carboxylic acids is 1. The molecule has 0 saturated carbocycles. The normalized spacial score (nSPS) is 11.8. The van der Waals surface area contributed by atoms with Gasteiger partial charge < -0.3 is 24.3 Å². The number of ether oxygens (including phenoxy) is 2. The van der Waals surface area contributed by atoms with Gasteiger partial charge in [0.25, 0.3) is 5.91 Å². The molecule has 3 aromatic heterocycles. The molecule has 0 spiro atoms. The van der Waals surface area contributed by atoms with E-state index in [-0.39, 0.29) is 29.1 Å². The minimum absolute atomic E-state index is 0.0709. The number of carboxylic acid groups (broad SMARTS) is 1. The van der Waals surface area contributed by atoms with Crippen molar-refractivity contribution < 1.29 is 28.6 Å². The van der Waals surface area contributed by atoms with Crippen molar-refractivity contribution >= 4 is 17.6 Å². The molecule has 9 aromatic rings. The number of rotatable bonds is 15. The second-order valence-corrected chi connectivity index (χ2v) is 15.5. The van der Waals surface area contributed by atoms with Crippen molar-refractivity contribution in [3.05, 3.63) is 215 Å². The molecule has 0 saturated heterocycles. The van der Waals surface area contributed by atoms with Gasteiger partial charge in [0.05, 0.1) is 30.8 Å². The highest BCUT2D eigenvalue weighted by Crippen LogP contribution is 2.30. The predicted octanol–water partition coefficient (Wildman–Crippen LogP) is 10.4. The van der Waals surface area contributed by atoms with Crippen LogP contribution in [-0.2, 0) is 6.42 Å². The number of para-hydroxylation sites is 3. The van der Waals surface area contributed by atoms with E-state index in [0.29, 0.717) is 47.4 Å². The van der Waals surface area contributed by atoms with Crippen molar-refractivity contribution in [1.29, 1.82) is 0 Å². The van der Waals surface area contributed by atoms with Crippen LogP contribution < -0.4 is 14.8 Å². The van der Waals surface area contributed by atoms with Gasteiger partial charge in [-0.05, 0) is 90.8 Å². The number of aromatic nitrogens is 7. The van der Waals surface area contributed by atoms with Crippen LogP contribution in [0.4, 0.5) is 5.69 Å². The molecule has 0 fully saturated rings. The van der Waals surface area contributed by atoms with Gasteiger partial charge in [-0.2, -0.15) is 19.8 Å². The van der Waals surface area contributed by atoms with Gasteiger partial charge in [0.15, 0.2) is 11.4 Å². The number of oxazole rings is 1. The zero-order valence-electron chi connectivity index (χ0n) is 37.4. The van der Waals surface area contributed by atoms with E-state index >= 15 is 0 Å². The van der Waals surface area contributed by atoms with Gasteiger partial charge in [0.2, 0.25) is 5.89 Å². The minimum atomic E-state index is -1.12. The number of aromatic carboxylic acids is 1. The lowest BCUT2D eigenvalue weighted by atomic mass is 9.96. The van der Waals surface area contributed by atoms with Gasteiger partial charge in [0.1, 0.15) is 28.6 Å². The number of anilines is 1. The maximum Gasteiger partial charge on any atom is 0.358 e. The molecule has 14 heteroatoms. The average molecular weight is 893 g/mol. The SMILES string of the molecule is COc1cccc(C(C)c2nn(-c3ccccc3)nc2C(=O)Nc2ccccc2)c1.Cc1oc(-c2ccccc2)nc1CCOc1cccc(C(C)c2nn(-c3ccccc3)nc2C(=O)O)c1. The van der Waals surface area contributed by atoms with Crippen LogP contribution in [0.15, 0.2) is 174 Å². The van der Waals surface area contributed by atoms with E-state index in [1.54, 1.807) is 7.11 Å². The summed E-state index contributed by atoms with van der Waals surface area (Å²) in [5.74, 6) is 0.926. The van der Waals surface area contributed by atoms with Crippen LogP contribution in [0.25, 0.3) is 22.8 Å². The third-order valence-corrected chi connectivity index (χ3v) is 11.0. The fourth-order valence-electron chi connectivity index (χ4n) is 7.33. The minimum Gasteiger partial charge on any atom is -0.497 e. The highest BCUT2D eigenvalue weighted by molar-refractivity contribution is 6.03. The zero-order chi connectivity index (χ0) is 46.7. The first-order valence-corrected chi connectivity index (χ1v) is 21.7. The Labute approximate surface area is 387 Å².